The molecule has 2 N–H and O–H groups in total. The number of halogens is 1. The SMILES string of the molecule is CCNC(=NCC(=O)N(C)C)NCC1(c2cccc(Br)c2)CC1. The van der Waals surface area contributed by atoms with E-state index in [0.29, 0.717) is 5.96 Å². The van der Waals surface area contributed by atoms with E-state index in [2.05, 4.69) is 49.8 Å². The molecular formula is C17H25BrN4O. The summed E-state index contributed by atoms with van der Waals surface area (Å²) in [5.74, 6) is 0.694. The lowest BCUT2D eigenvalue weighted by atomic mass is 9.96. The zero-order chi connectivity index (χ0) is 16.9. The number of nitrogens with one attached hydrogen (secondary N) is 2. The highest BCUT2D eigenvalue weighted by Crippen LogP contribution is 2.48. The summed E-state index contributed by atoms with van der Waals surface area (Å²) in [5, 5.41) is 6.59. The van der Waals surface area contributed by atoms with E-state index >= 15 is 0 Å². The number of carbonyl (C=O) groups is 1. The van der Waals surface area contributed by atoms with Crippen molar-refractivity contribution in [3.63, 3.8) is 0 Å². The van der Waals surface area contributed by atoms with Gasteiger partial charge >= 0.3 is 0 Å². The maximum atomic E-state index is 11.7. The zero-order valence-electron chi connectivity index (χ0n) is 14.0. The molecule has 1 aromatic rings. The number of aliphatic imine (C=N–C) groups is 1. The van der Waals surface area contributed by atoms with Gasteiger partial charge in [-0.3, -0.25) is 4.79 Å². The minimum atomic E-state index is -0.00433. The number of rotatable bonds is 6. The molecule has 1 aromatic carbocycles. The van der Waals surface area contributed by atoms with Gasteiger partial charge in [0.1, 0.15) is 6.54 Å². The Morgan fingerprint density at radius 1 is 1.35 bits per heavy atom. The summed E-state index contributed by atoms with van der Waals surface area (Å²) < 4.78 is 1.11. The Hall–Kier alpha value is -1.56. The monoisotopic (exact) mass is 380 g/mol. The fraction of sp³-hybridized carbons (Fsp3) is 0.529. The summed E-state index contributed by atoms with van der Waals surface area (Å²) in [5.41, 5.74) is 1.53. The van der Waals surface area contributed by atoms with Gasteiger partial charge in [0.15, 0.2) is 5.96 Å². The van der Waals surface area contributed by atoms with E-state index in [4.69, 9.17) is 0 Å². The molecular weight excluding hydrogens is 356 g/mol. The van der Waals surface area contributed by atoms with Crippen molar-refractivity contribution in [1.82, 2.24) is 15.5 Å². The smallest absolute Gasteiger partial charge is 0.243 e. The molecule has 1 fully saturated rings. The molecule has 2 rings (SSSR count). The normalized spacial score (nSPS) is 15.9. The Morgan fingerprint density at radius 3 is 2.65 bits per heavy atom. The van der Waals surface area contributed by atoms with Gasteiger partial charge in [-0.15, -0.1) is 0 Å². The molecule has 1 amide bonds. The quantitative estimate of drug-likeness (QED) is 0.586. The molecule has 0 atom stereocenters. The van der Waals surface area contributed by atoms with Crippen molar-refractivity contribution in [3.8, 4) is 0 Å². The third-order valence-electron chi connectivity index (χ3n) is 4.10. The van der Waals surface area contributed by atoms with Gasteiger partial charge < -0.3 is 15.5 Å². The minimum Gasteiger partial charge on any atom is -0.357 e. The summed E-state index contributed by atoms with van der Waals surface area (Å²) in [7, 11) is 3.48. The van der Waals surface area contributed by atoms with Crippen molar-refractivity contribution in [2.75, 3.05) is 33.7 Å². The Labute approximate surface area is 146 Å². The number of carbonyl (C=O) groups excluding carboxylic acids is 1. The molecule has 0 radical (unpaired) electrons. The van der Waals surface area contributed by atoms with Gasteiger partial charge in [0, 0.05) is 37.1 Å². The molecule has 126 valence electrons. The van der Waals surface area contributed by atoms with Gasteiger partial charge in [0.05, 0.1) is 0 Å². The van der Waals surface area contributed by atoms with E-state index in [-0.39, 0.29) is 17.9 Å². The lowest BCUT2D eigenvalue weighted by Crippen LogP contribution is -2.42. The molecule has 1 aliphatic carbocycles. The number of amides is 1. The van der Waals surface area contributed by atoms with Gasteiger partial charge in [0.2, 0.25) is 5.91 Å². The van der Waals surface area contributed by atoms with Crippen molar-refractivity contribution in [2.45, 2.75) is 25.2 Å². The molecule has 1 aliphatic rings. The Morgan fingerprint density at radius 2 is 2.09 bits per heavy atom. The molecule has 0 heterocycles. The van der Waals surface area contributed by atoms with Crippen molar-refractivity contribution >= 4 is 27.8 Å². The molecule has 6 heteroatoms. The van der Waals surface area contributed by atoms with Crippen LogP contribution >= 0.6 is 15.9 Å². The Bertz CT molecular complexity index is 582. The van der Waals surface area contributed by atoms with Gasteiger partial charge in [0.25, 0.3) is 0 Å². The lowest BCUT2D eigenvalue weighted by molar-refractivity contribution is -0.127. The molecule has 0 unspecified atom stereocenters. The number of guanidine groups is 1. The first-order valence-corrected chi connectivity index (χ1v) is 8.74. The first kappa shape index (κ1) is 17.8. The predicted octanol–water partition coefficient (Wildman–Crippen LogP) is 2.12. The number of nitrogens with zero attached hydrogens (tertiary/aromatic N) is 2. The molecule has 23 heavy (non-hydrogen) atoms. The minimum absolute atomic E-state index is 0.00433. The molecule has 0 spiro atoms. The second kappa shape index (κ2) is 7.81. The largest absolute Gasteiger partial charge is 0.357 e. The van der Waals surface area contributed by atoms with Crippen LogP contribution in [0.4, 0.5) is 0 Å². The first-order valence-electron chi connectivity index (χ1n) is 7.95. The van der Waals surface area contributed by atoms with E-state index in [1.54, 1.807) is 19.0 Å². The average molecular weight is 381 g/mol. The fourth-order valence-corrected chi connectivity index (χ4v) is 2.82. The topological polar surface area (TPSA) is 56.7 Å². The molecule has 1 saturated carbocycles. The molecule has 0 bridgehead atoms. The van der Waals surface area contributed by atoms with Gasteiger partial charge in [-0.2, -0.15) is 0 Å². The van der Waals surface area contributed by atoms with E-state index in [1.807, 2.05) is 13.0 Å². The van der Waals surface area contributed by atoms with Crippen molar-refractivity contribution in [3.05, 3.63) is 34.3 Å². The van der Waals surface area contributed by atoms with Crippen LogP contribution in [0.15, 0.2) is 33.7 Å². The lowest BCUT2D eigenvalue weighted by Gasteiger charge is -2.19. The van der Waals surface area contributed by atoms with Crippen LogP contribution in [0.2, 0.25) is 0 Å². The number of likely N-dealkylation sites (N-methyl/N-ethyl adjacent to an activating group) is 1. The van der Waals surface area contributed by atoms with Crippen LogP contribution in [-0.4, -0.2) is 50.5 Å². The summed E-state index contributed by atoms with van der Waals surface area (Å²) in [6.07, 6.45) is 2.35. The summed E-state index contributed by atoms with van der Waals surface area (Å²) in [4.78, 5) is 17.6. The number of benzene rings is 1. The van der Waals surface area contributed by atoms with Crippen molar-refractivity contribution < 1.29 is 4.79 Å². The van der Waals surface area contributed by atoms with Crippen LogP contribution in [0.1, 0.15) is 25.3 Å². The van der Waals surface area contributed by atoms with Crippen molar-refractivity contribution in [2.24, 2.45) is 4.99 Å². The highest BCUT2D eigenvalue weighted by Gasteiger charge is 2.44. The van der Waals surface area contributed by atoms with Crippen LogP contribution in [0, 0.1) is 0 Å². The van der Waals surface area contributed by atoms with Crippen LogP contribution in [0.5, 0.6) is 0 Å². The first-order chi connectivity index (χ1) is 11.0. The van der Waals surface area contributed by atoms with Crippen LogP contribution in [-0.2, 0) is 10.2 Å². The van der Waals surface area contributed by atoms with E-state index in [1.165, 1.54) is 18.4 Å². The highest BCUT2D eigenvalue weighted by atomic mass is 79.9. The number of hydrogen-bond acceptors (Lipinski definition) is 2. The molecule has 0 saturated heterocycles. The summed E-state index contributed by atoms with van der Waals surface area (Å²) in [6, 6.07) is 8.49. The van der Waals surface area contributed by atoms with Crippen LogP contribution < -0.4 is 10.6 Å². The van der Waals surface area contributed by atoms with Gasteiger partial charge in [-0.1, -0.05) is 28.1 Å². The Kier molecular flexibility index (Phi) is 6.04. The zero-order valence-corrected chi connectivity index (χ0v) is 15.6. The number of hydrogen-bond donors (Lipinski definition) is 2. The van der Waals surface area contributed by atoms with Crippen LogP contribution in [0.25, 0.3) is 0 Å². The van der Waals surface area contributed by atoms with E-state index < -0.39 is 0 Å². The maximum absolute atomic E-state index is 11.7. The Balaban J connectivity index is 1.98. The highest BCUT2D eigenvalue weighted by molar-refractivity contribution is 9.10. The molecule has 0 aliphatic heterocycles. The molecule has 5 nitrogen and oxygen atoms in total. The fourth-order valence-electron chi connectivity index (χ4n) is 2.42. The van der Waals surface area contributed by atoms with Gasteiger partial charge in [-0.25, -0.2) is 4.99 Å². The summed E-state index contributed by atoms with van der Waals surface area (Å²) >= 11 is 3.54. The average Bonchev–Trinajstić information content (AvgIpc) is 3.31. The van der Waals surface area contributed by atoms with Crippen molar-refractivity contribution in [1.29, 1.82) is 0 Å². The van der Waals surface area contributed by atoms with Crippen LogP contribution in [0.3, 0.4) is 0 Å². The maximum Gasteiger partial charge on any atom is 0.243 e. The third-order valence-corrected chi connectivity index (χ3v) is 4.59. The van der Waals surface area contributed by atoms with E-state index in [9.17, 15) is 4.79 Å². The molecule has 0 aromatic heterocycles. The third kappa shape index (κ3) is 4.96. The second-order valence-electron chi connectivity index (χ2n) is 6.13. The second-order valence-corrected chi connectivity index (χ2v) is 7.04. The standard InChI is InChI=1S/C17H25BrN4O/c1-4-19-16(20-11-15(23)22(2)3)21-12-17(8-9-17)13-6-5-7-14(18)10-13/h5-7,10H,4,8-9,11-12H2,1-3H3,(H2,19,20,21). The predicted molar refractivity (Wildman–Crippen MR) is 97.7 cm³/mol. The van der Waals surface area contributed by atoms with Gasteiger partial charge in [-0.05, 0) is 37.5 Å². The van der Waals surface area contributed by atoms with E-state index in [0.717, 1.165) is 17.6 Å². The summed E-state index contributed by atoms with van der Waals surface area (Å²) in [6.45, 7) is 3.77.